The van der Waals surface area contributed by atoms with Gasteiger partial charge in [-0.25, -0.2) is 0 Å². The van der Waals surface area contributed by atoms with Gasteiger partial charge in [0.05, 0.1) is 0 Å². The minimum absolute atomic E-state index is 0.335. The van der Waals surface area contributed by atoms with E-state index in [-0.39, 0.29) is 0 Å². The number of hydrogen-bond donors (Lipinski definition) is 1. The Morgan fingerprint density at radius 1 is 1.06 bits per heavy atom. The molecule has 0 amide bonds. The van der Waals surface area contributed by atoms with E-state index in [2.05, 4.69) is 18.7 Å². The Balaban J connectivity index is 1.80. The van der Waals surface area contributed by atoms with Gasteiger partial charge in [0.2, 0.25) is 0 Å². The highest BCUT2D eigenvalue weighted by atomic mass is 15.3. The molecule has 18 heavy (non-hydrogen) atoms. The lowest BCUT2D eigenvalue weighted by molar-refractivity contribution is -0.0132. The molecular weight excluding hydrogens is 220 g/mol. The fraction of sp³-hybridized carbons (Fsp3) is 1.00. The van der Waals surface area contributed by atoms with Crippen LogP contribution in [0.25, 0.3) is 0 Å². The first-order valence-corrected chi connectivity index (χ1v) is 8.12. The Hall–Kier alpha value is -0.0800. The van der Waals surface area contributed by atoms with Gasteiger partial charge in [-0.15, -0.1) is 0 Å². The van der Waals surface area contributed by atoms with Gasteiger partial charge in [-0.1, -0.05) is 20.3 Å². The lowest BCUT2D eigenvalue weighted by Crippen LogP contribution is -2.61. The molecule has 3 unspecified atom stereocenters. The number of nitrogens with two attached hydrogens (primary N) is 1. The van der Waals surface area contributed by atoms with Gasteiger partial charge < -0.3 is 5.73 Å². The Morgan fingerprint density at radius 2 is 1.78 bits per heavy atom. The molecule has 3 atom stereocenters. The number of hydrogen-bond acceptors (Lipinski definition) is 2. The summed E-state index contributed by atoms with van der Waals surface area (Å²) in [6, 6.07) is 0.877. The van der Waals surface area contributed by atoms with E-state index in [1.807, 2.05) is 0 Å². The van der Waals surface area contributed by atoms with Crippen LogP contribution in [0.15, 0.2) is 0 Å². The molecule has 0 spiro atoms. The van der Waals surface area contributed by atoms with Crippen molar-refractivity contribution in [3.8, 4) is 0 Å². The Kier molecular flexibility index (Phi) is 3.44. The molecule has 0 bridgehead atoms. The monoisotopic (exact) mass is 250 g/mol. The third kappa shape index (κ3) is 2.34. The van der Waals surface area contributed by atoms with Gasteiger partial charge in [0, 0.05) is 24.7 Å². The van der Waals surface area contributed by atoms with Crippen molar-refractivity contribution < 1.29 is 0 Å². The zero-order valence-electron chi connectivity index (χ0n) is 12.2. The summed E-state index contributed by atoms with van der Waals surface area (Å²) in [4.78, 5) is 2.88. The normalized spacial score (nSPS) is 41.3. The average Bonchev–Trinajstić information content (AvgIpc) is 3.22. The predicted molar refractivity (Wildman–Crippen MR) is 76.4 cm³/mol. The van der Waals surface area contributed by atoms with Crippen LogP contribution in [0.5, 0.6) is 0 Å². The first-order chi connectivity index (χ1) is 8.65. The van der Waals surface area contributed by atoms with Gasteiger partial charge in [0.1, 0.15) is 0 Å². The third-order valence-corrected chi connectivity index (χ3v) is 5.78. The maximum absolute atomic E-state index is 6.31. The van der Waals surface area contributed by atoms with E-state index >= 15 is 0 Å². The highest BCUT2D eigenvalue weighted by Gasteiger charge is 2.50. The summed E-state index contributed by atoms with van der Waals surface area (Å²) in [6.45, 7) is 7.11. The maximum Gasteiger partial charge on any atom is 0.0362 e. The van der Waals surface area contributed by atoms with Crippen LogP contribution in [0.3, 0.4) is 0 Å². The van der Waals surface area contributed by atoms with Crippen LogP contribution in [-0.4, -0.2) is 29.6 Å². The largest absolute Gasteiger partial charge is 0.329 e. The van der Waals surface area contributed by atoms with E-state index in [4.69, 9.17) is 5.73 Å². The molecule has 3 rings (SSSR count). The zero-order valence-corrected chi connectivity index (χ0v) is 12.2. The van der Waals surface area contributed by atoms with E-state index in [0.717, 1.165) is 30.3 Å². The second-order valence-electron chi connectivity index (χ2n) is 7.42. The van der Waals surface area contributed by atoms with Crippen molar-refractivity contribution in [2.45, 2.75) is 70.4 Å². The number of nitrogens with zero attached hydrogens (tertiary/aromatic N) is 1. The predicted octanol–water partition coefficient (Wildman–Crippen LogP) is 3.01. The SMILES string of the molecule is CC1CCC(C)C(CN)(N(CC2CC2)C2CC2)C1. The molecule has 0 heterocycles. The summed E-state index contributed by atoms with van der Waals surface area (Å²) in [5, 5.41) is 0. The second kappa shape index (κ2) is 4.79. The van der Waals surface area contributed by atoms with E-state index in [9.17, 15) is 0 Å². The lowest BCUT2D eigenvalue weighted by atomic mass is 9.68. The first kappa shape index (κ1) is 12.9. The van der Waals surface area contributed by atoms with Crippen molar-refractivity contribution in [1.29, 1.82) is 0 Å². The summed E-state index contributed by atoms with van der Waals surface area (Å²) in [6.07, 6.45) is 9.91. The maximum atomic E-state index is 6.31. The van der Waals surface area contributed by atoms with Crippen LogP contribution in [0.4, 0.5) is 0 Å². The molecule has 0 aromatic heterocycles. The van der Waals surface area contributed by atoms with Crippen molar-refractivity contribution in [3.05, 3.63) is 0 Å². The van der Waals surface area contributed by atoms with Gasteiger partial charge in [-0.05, 0) is 56.3 Å². The zero-order chi connectivity index (χ0) is 12.8. The summed E-state index contributed by atoms with van der Waals surface area (Å²) in [5.74, 6) is 2.65. The summed E-state index contributed by atoms with van der Waals surface area (Å²) < 4.78 is 0. The van der Waals surface area contributed by atoms with Gasteiger partial charge in [0.25, 0.3) is 0 Å². The molecule has 3 aliphatic carbocycles. The lowest BCUT2D eigenvalue weighted by Gasteiger charge is -2.52. The smallest absolute Gasteiger partial charge is 0.0362 e. The highest BCUT2D eigenvalue weighted by molar-refractivity contribution is 5.05. The summed E-state index contributed by atoms with van der Waals surface area (Å²) >= 11 is 0. The average molecular weight is 250 g/mol. The van der Waals surface area contributed by atoms with Gasteiger partial charge in [-0.3, -0.25) is 4.90 Å². The van der Waals surface area contributed by atoms with Crippen LogP contribution >= 0.6 is 0 Å². The minimum atomic E-state index is 0.335. The van der Waals surface area contributed by atoms with E-state index < -0.39 is 0 Å². The van der Waals surface area contributed by atoms with Gasteiger partial charge >= 0.3 is 0 Å². The van der Waals surface area contributed by atoms with Crippen molar-refractivity contribution in [1.82, 2.24) is 4.90 Å². The van der Waals surface area contributed by atoms with Crippen molar-refractivity contribution >= 4 is 0 Å². The molecule has 3 saturated carbocycles. The molecule has 0 aromatic carbocycles. The van der Waals surface area contributed by atoms with Crippen LogP contribution in [0.1, 0.15) is 58.8 Å². The van der Waals surface area contributed by atoms with Crippen molar-refractivity contribution in [3.63, 3.8) is 0 Å². The van der Waals surface area contributed by atoms with Crippen molar-refractivity contribution in [2.24, 2.45) is 23.5 Å². The van der Waals surface area contributed by atoms with Crippen LogP contribution in [-0.2, 0) is 0 Å². The molecule has 2 heteroatoms. The molecule has 0 radical (unpaired) electrons. The van der Waals surface area contributed by atoms with E-state index in [0.29, 0.717) is 5.54 Å². The fourth-order valence-electron chi connectivity index (χ4n) is 4.17. The quantitative estimate of drug-likeness (QED) is 0.812. The standard InChI is InChI=1S/C16H30N2/c1-12-3-4-13(2)16(9-12,11-17)18(15-7-8-15)10-14-5-6-14/h12-15H,3-11,17H2,1-2H3. The second-order valence-corrected chi connectivity index (χ2v) is 7.42. The molecule has 2 N–H and O–H groups in total. The molecule has 3 fully saturated rings. The minimum Gasteiger partial charge on any atom is -0.329 e. The molecule has 0 aliphatic heterocycles. The van der Waals surface area contributed by atoms with Gasteiger partial charge in [0.15, 0.2) is 0 Å². The Labute approximate surface area is 112 Å². The van der Waals surface area contributed by atoms with Gasteiger partial charge in [-0.2, -0.15) is 0 Å². The van der Waals surface area contributed by atoms with Crippen LogP contribution < -0.4 is 5.73 Å². The molecule has 104 valence electrons. The molecule has 3 aliphatic rings. The summed E-state index contributed by atoms with van der Waals surface area (Å²) in [5.41, 5.74) is 6.65. The highest BCUT2D eigenvalue weighted by Crippen LogP contribution is 2.47. The van der Waals surface area contributed by atoms with E-state index in [1.54, 1.807) is 0 Å². The van der Waals surface area contributed by atoms with Crippen molar-refractivity contribution in [2.75, 3.05) is 13.1 Å². The summed E-state index contributed by atoms with van der Waals surface area (Å²) in [7, 11) is 0. The fourth-order valence-corrected chi connectivity index (χ4v) is 4.17. The molecule has 0 saturated heterocycles. The Morgan fingerprint density at radius 3 is 2.33 bits per heavy atom. The topological polar surface area (TPSA) is 29.3 Å². The Bertz CT molecular complexity index is 295. The third-order valence-electron chi connectivity index (χ3n) is 5.78. The molecular formula is C16H30N2. The molecule has 0 aromatic rings. The van der Waals surface area contributed by atoms with Crippen LogP contribution in [0, 0.1) is 17.8 Å². The molecule has 2 nitrogen and oxygen atoms in total. The van der Waals surface area contributed by atoms with Crippen LogP contribution in [0.2, 0.25) is 0 Å². The van der Waals surface area contributed by atoms with E-state index in [1.165, 1.54) is 51.5 Å². The first-order valence-electron chi connectivity index (χ1n) is 8.12. The number of rotatable bonds is 5.